The van der Waals surface area contributed by atoms with Gasteiger partial charge in [0, 0.05) is 18.8 Å². The van der Waals surface area contributed by atoms with Crippen LogP contribution in [-0.2, 0) is 16.6 Å². The molecule has 0 aromatic carbocycles. The molecule has 1 aliphatic carbocycles. The first-order chi connectivity index (χ1) is 9.63. The second-order valence-electron chi connectivity index (χ2n) is 7.17. The molecule has 120 valence electrons. The summed E-state index contributed by atoms with van der Waals surface area (Å²) in [6, 6.07) is 0.0122. The van der Waals surface area contributed by atoms with Crippen molar-refractivity contribution in [3.05, 3.63) is 11.9 Å². The Morgan fingerprint density at radius 2 is 2.10 bits per heavy atom. The number of hydrogen-bond acceptors (Lipinski definition) is 3. The number of nitrogens with one attached hydrogen (secondary N) is 1. The molecule has 6 heteroatoms. The zero-order valence-electron chi connectivity index (χ0n) is 13.7. The number of sulfonamides is 1. The Balaban J connectivity index is 2.19. The summed E-state index contributed by atoms with van der Waals surface area (Å²) in [7, 11) is -3.49. The second-order valence-corrected chi connectivity index (χ2v) is 8.85. The number of hydrogen-bond donors (Lipinski definition) is 1. The topological polar surface area (TPSA) is 64.0 Å². The molecule has 0 radical (unpaired) electrons. The molecule has 2 unspecified atom stereocenters. The Labute approximate surface area is 128 Å². The van der Waals surface area contributed by atoms with Crippen LogP contribution in [0, 0.1) is 18.3 Å². The van der Waals surface area contributed by atoms with Crippen molar-refractivity contribution in [1.82, 2.24) is 14.5 Å². The summed E-state index contributed by atoms with van der Waals surface area (Å²) in [4.78, 5) is 0.306. The van der Waals surface area contributed by atoms with Crippen molar-refractivity contribution in [2.24, 2.45) is 11.3 Å². The highest BCUT2D eigenvalue weighted by Gasteiger charge is 2.34. The standard InChI is InChI=1S/C15H27N3O2S/c1-6-18-10-14(12(3)16-18)21(19,20)17-13-7-11(2)8-15(4,5)9-13/h10-11,13,17H,6-9H2,1-5H3. The summed E-state index contributed by atoms with van der Waals surface area (Å²) in [6.45, 7) is 11.0. The molecule has 1 N–H and O–H groups in total. The molecule has 2 rings (SSSR count). The molecule has 0 spiro atoms. The molecule has 2 atom stereocenters. The van der Waals surface area contributed by atoms with Crippen molar-refractivity contribution in [3.8, 4) is 0 Å². The van der Waals surface area contributed by atoms with Gasteiger partial charge in [-0.1, -0.05) is 20.8 Å². The first kappa shape index (κ1) is 16.5. The normalized spacial score (nSPS) is 26.0. The van der Waals surface area contributed by atoms with E-state index in [2.05, 4.69) is 30.6 Å². The number of aromatic nitrogens is 2. The third kappa shape index (κ3) is 3.86. The van der Waals surface area contributed by atoms with Crippen LogP contribution in [-0.4, -0.2) is 24.2 Å². The maximum absolute atomic E-state index is 12.6. The first-order valence-electron chi connectivity index (χ1n) is 7.69. The van der Waals surface area contributed by atoms with E-state index >= 15 is 0 Å². The van der Waals surface area contributed by atoms with Crippen molar-refractivity contribution >= 4 is 10.0 Å². The fourth-order valence-corrected chi connectivity index (χ4v) is 5.08. The molecule has 1 aliphatic rings. The maximum atomic E-state index is 12.6. The highest BCUT2D eigenvalue weighted by Crippen LogP contribution is 2.38. The van der Waals surface area contributed by atoms with Crippen LogP contribution in [0.3, 0.4) is 0 Å². The lowest BCUT2D eigenvalue weighted by molar-refractivity contribution is 0.163. The van der Waals surface area contributed by atoms with Gasteiger partial charge >= 0.3 is 0 Å². The fourth-order valence-electron chi connectivity index (χ4n) is 3.64. The zero-order chi connectivity index (χ0) is 15.8. The van der Waals surface area contributed by atoms with Crippen LogP contribution < -0.4 is 4.72 Å². The van der Waals surface area contributed by atoms with Gasteiger partial charge < -0.3 is 0 Å². The van der Waals surface area contributed by atoms with Gasteiger partial charge in [-0.05, 0) is 44.4 Å². The molecule has 0 amide bonds. The number of aryl methyl sites for hydroxylation is 2. The van der Waals surface area contributed by atoms with E-state index in [1.165, 1.54) is 0 Å². The molecule has 1 aromatic rings. The maximum Gasteiger partial charge on any atom is 0.244 e. The molecule has 5 nitrogen and oxygen atoms in total. The summed E-state index contributed by atoms with van der Waals surface area (Å²) in [5.74, 6) is 0.543. The first-order valence-corrected chi connectivity index (χ1v) is 9.17. The van der Waals surface area contributed by atoms with Gasteiger partial charge in [-0.15, -0.1) is 0 Å². The molecule has 0 saturated heterocycles. The van der Waals surface area contributed by atoms with Crippen molar-refractivity contribution in [2.45, 2.75) is 71.4 Å². The lowest BCUT2D eigenvalue weighted by Crippen LogP contribution is -2.42. The third-order valence-electron chi connectivity index (χ3n) is 4.22. The zero-order valence-corrected chi connectivity index (χ0v) is 14.5. The number of nitrogens with zero attached hydrogens (tertiary/aromatic N) is 2. The van der Waals surface area contributed by atoms with Crippen LogP contribution in [0.5, 0.6) is 0 Å². The molecule has 0 bridgehead atoms. The summed E-state index contributed by atoms with van der Waals surface area (Å²) in [5, 5.41) is 4.23. The van der Waals surface area contributed by atoms with E-state index in [0.717, 1.165) is 19.3 Å². The van der Waals surface area contributed by atoms with Gasteiger partial charge in [-0.3, -0.25) is 4.68 Å². The van der Waals surface area contributed by atoms with Crippen molar-refractivity contribution < 1.29 is 8.42 Å². The van der Waals surface area contributed by atoms with E-state index in [0.29, 0.717) is 23.1 Å². The molecule has 1 fully saturated rings. The smallest absolute Gasteiger partial charge is 0.244 e. The van der Waals surface area contributed by atoms with Gasteiger partial charge in [0.25, 0.3) is 0 Å². The molecule has 1 aromatic heterocycles. The third-order valence-corrected chi connectivity index (χ3v) is 5.85. The Morgan fingerprint density at radius 1 is 1.43 bits per heavy atom. The highest BCUT2D eigenvalue weighted by molar-refractivity contribution is 7.89. The Morgan fingerprint density at radius 3 is 2.62 bits per heavy atom. The summed E-state index contributed by atoms with van der Waals surface area (Å²) in [6.07, 6.45) is 4.56. The van der Waals surface area contributed by atoms with Crippen molar-refractivity contribution in [2.75, 3.05) is 0 Å². The largest absolute Gasteiger partial charge is 0.271 e. The second kappa shape index (κ2) is 5.72. The van der Waals surface area contributed by atoms with E-state index in [4.69, 9.17) is 0 Å². The monoisotopic (exact) mass is 313 g/mol. The van der Waals surface area contributed by atoms with Gasteiger partial charge in [0.1, 0.15) is 4.90 Å². The molecular formula is C15H27N3O2S. The predicted octanol–water partition coefficient (Wildman–Crippen LogP) is 2.70. The molecule has 0 aliphatic heterocycles. The highest BCUT2D eigenvalue weighted by atomic mass is 32.2. The van der Waals surface area contributed by atoms with Crippen LogP contribution in [0.2, 0.25) is 0 Å². The average Bonchev–Trinajstić information content (AvgIpc) is 2.67. The fraction of sp³-hybridized carbons (Fsp3) is 0.800. The van der Waals surface area contributed by atoms with Crippen LogP contribution in [0.25, 0.3) is 0 Å². The van der Waals surface area contributed by atoms with E-state index in [9.17, 15) is 8.42 Å². The lowest BCUT2D eigenvalue weighted by Gasteiger charge is -2.39. The quantitative estimate of drug-likeness (QED) is 0.929. The SMILES string of the molecule is CCn1cc(S(=O)(=O)NC2CC(C)CC(C)(C)C2)c(C)n1. The van der Waals surface area contributed by atoms with Crippen LogP contribution in [0.4, 0.5) is 0 Å². The van der Waals surface area contributed by atoms with Crippen molar-refractivity contribution in [1.29, 1.82) is 0 Å². The van der Waals surface area contributed by atoms with Crippen LogP contribution in [0.15, 0.2) is 11.1 Å². The minimum atomic E-state index is -3.49. The predicted molar refractivity (Wildman–Crippen MR) is 83.5 cm³/mol. The van der Waals surface area contributed by atoms with E-state index in [-0.39, 0.29) is 11.5 Å². The molecular weight excluding hydrogens is 286 g/mol. The van der Waals surface area contributed by atoms with Gasteiger partial charge in [-0.2, -0.15) is 5.10 Å². The van der Waals surface area contributed by atoms with Gasteiger partial charge in [0.15, 0.2) is 0 Å². The molecule has 1 heterocycles. The van der Waals surface area contributed by atoms with E-state index in [1.807, 2.05) is 6.92 Å². The van der Waals surface area contributed by atoms with E-state index < -0.39 is 10.0 Å². The summed E-state index contributed by atoms with van der Waals surface area (Å²) < 4.78 is 29.8. The average molecular weight is 313 g/mol. The minimum Gasteiger partial charge on any atom is -0.271 e. The van der Waals surface area contributed by atoms with E-state index in [1.54, 1.807) is 17.8 Å². The van der Waals surface area contributed by atoms with Crippen LogP contribution in [0.1, 0.15) is 52.7 Å². The Hall–Kier alpha value is -0.880. The Kier molecular flexibility index (Phi) is 4.49. The van der Waals surface area contributed by atoms with Crippen LogP contribution >= 0.6 is 0 Å². The van der Waals surface area contributed by atoms with Gasteiger partial charge in [-0.25, -0.2) is 13.1 Å². The Bertz CT molecular complexity index is 604. The summed E-state index contributed by atoms with van der Waals surface area (Å²) in [5.41, 5.74) is 0.750. The minimum absolute atomic E-state index is 0.0122. The molecule has 1 saturated carbocycles. The summed E-state index contributed by atoms with van der Waals surface area (Å²) >= 11 is 0. The number of rotatable bonds is 4. The van der Waals surface area contributed by atoms with Gasteiger partial charge in [0.2, 0.25) is 10.0 Å². The lowest BCUT2D eigenvalue weighted by atomic mass is 9.71. The van der Waals surface area contributed by atoms with Gasteiger partial charge in [0.05, 0.1) is 5.69 Å². The molecule has 21 heavy (non-hydrogen) atoms. The van der Waals surface area contributed by atoms with Crippen molar-refractivity contribution in [3.63, 3.8) is 0 Å².